The first-order valence-electron chi connectivity index (χ1n) is 8.67. The molecule has 0 spiro atoms. The van der Waals surface area contributed by atoms with Crippen LogP contribution in [0.1, 0.15) is 31.7 Å². The van der Waals surface area contributed by atoms with Crippen LogP contribution in [-0.4, -0.2) is 45.6 Å². The number of rotatable bonds is 5. The second-order valence-electron chi connectivity index (χ2n) is 6.89. The van der Waals surface area contributed by atoms with E-state index in [-0.39, 0.29) is 11.8 Å². The van der Waals surface area contributed by atoms with E-state index < -0.39 is 6.10 Å². The highest BCUT2D eigenvalue weighted by atomic mass is 16.5. The van der Waals surface area contributed by atoms with Crippen LogP contribution in [0, 0.1) is 5.92 Å². The van der Waals surface area contributed by atoms with Gasteiger partial charge in [-0.1, -0.05) is 13.8 Å². The van der Waals surface area contributed by atoms with E-state index in [4.69, 9.17) is 4.74 Å². The van der Waals surface area contributed by atoms with Crippen molar-refractivity contribution in [1.82, 2.24) is 14.9 Å². The number of aromatic amines is 1. The van der Waals surface area contributed by atoms with Crippen LogP contribution in [0.2, 0.25) is 0 Å². The van der Waals surface area contributed by atoms with Gasteiger partial charge in [0, 0.05) is 18.5 Å². The number of aliphatic hydroxyl groups is 1. The van der Waals surface area contributed by atoms with Gasteiger partial charge in [0.05, 0.1) is 25.0 Å². The molecule has 2 heterocycles. The van der Waals surface area contributed by atoms with Gasteiger partial charge >= 0.3 is 0 Å². The fourth-order valence-corrected chi connectivity index (χ4v) is 3.13. The second-order valence-corrected chi connectivity index (χ2v) is 6.89. The molecule has 25 heavy (non-hydrogen) atoms. The third-order valence-corrected chi connectivity index (χ3v) is 4.49. The standard InChI is InChI=1S/C19H25N3O3/c1-12(2)10-17(23)19(24)22-9-8-15-16(11-22)21-18(20-15)13-4-6-14(25-3)7-5-13/h4-7,12,17,23H,8-11H2,1-3H3,(H,20,21)/t17-/m1/s1. The Labute approximate surface area is 147 Å². The summed E-state index contributed by atoms with van der Waals surface area (Å²) in [5, 5.41) is 10.1. The van der Waals surface area contributed by atoms with Gasteiger partial charge < -0.3 is 19.7 Å². The fourth-order valence-electron chi connectivity index (χ4n) is 3.13. The summed E-state index contributed by atoms with van der Waals surface area (Å²) in [5.74, 6) is 1.69. The van der Waals surface area contributed by atoms with Crippen molar-refractivity contribution in [2.75, 3.05) is 13.7 Å². The van der Waals surface area contributed by atoms with Crippen LogP contribution in [0.3, 0.4) is 0 Å². The Kier molecular flexibility index (Phi) is 5.08. The highest BCUT2D eigenvalue weighted by Crippen LogP contribution is 2.25. The quantitative estimate of drug-likeness (QED) is 0.874. The van der Waals surface area contributed by atoms with E-state index in [9.17, 15) is 9.90 Å². The number of hydrogen-bond donors (Lipinski definition) is 2. The number of amides is 1. The van der Waals surface area contributed by atoms with E-state index in [2.05, 4.69) is 9.97 Å². The number of fused-ring (bicyclic) bond motifs is 1. The van der Waals surface area contributed by atoms with Gasteiger partial charge in [-0.05, 0) is 36.6 Å². The van der Waals surface area contributed by atoms with Crippen LogP contribution in [0.25, 0.3) is 11.4 Å². The molecular formula is C19H25N3O3. The van der Waals surface area contributed by atoms with Gasteiger partial charge in [0.2, 0.25) is 0 Å². The lowest BCUT2D eigenvalue weighted by Gasteiger charge is -2.28. The van der Waals surface area contributed by atoms with Crippen LogP contribution >= 0.6 is 0 Å². The van der Waals surface area contributed by atoms with Gasteiger partial charge in [0.1, 0.15) is 17.7 Å². The minimum atomic E-state index is -0.925. The molecule has 1 aliphatic rings. The molecule has 6 heteroatoms. The normalized spacial score (nSPS) is 15.2. The van der Waals surface area contributed by atoms with E-state index in [1.165, 1.54) is 0 Å². The zero-order valence-electron chi connectivity index (χ0n) is 15.0. The number of nitrogens with one attached hydrogen (secondary N) is 1. The predicted octanol–water partition coefficient (Wildman–Crippen LogP) is 2.38. The molecule has 0 saturated carbocycles. The van der Waals surface area contributed by atoms with E-state index in [1.807, 2.05) is 38.1 Å². The van der Waals surface area contributed by atoms with E-state index in [0.29, 0.717) is 25.9 Å². The van der Waals surface area contributed by atoms with Crippen molar-refractivity contribution in [2.45, 2.75) is 39.3 Å². The number of imidazole rings is 1. The minimum Gasteiger partial charge on any atom is -0.497 e. The molecule has 0 bridgehead atoms. The first-order chi connectivity index (χ1) is 12.0. The lowest BCUT2D eigenvalue weighted by Crippen LogP contribution is -2.42. The molecule has 0 fully saturated rings. The van der Waals surface area contributed by atoms with Crippen LogP contribution < -0.4 is 4.74 Å². The van der Waals surface area contributed by atoms with E-state index in [0.717, 1.165) is 28.5 Å². The summed E-state index contributed by atoms with van der Waals surface area (Å²) in [7, 11) is 1.64. The number of aromatic nitrogens is 2. The monoisotopic (exact) mass is 343 g/mol. The van der Waals surface area contributed by atoms with Crippen molar-refractivity contribution in [3.05, 3.63) is 35.7 Å². The Morgan fingerprint density at radius 3 is 2.72 bits per heavy atom. The van der Waals surface area contributed by atoms with Crippen LogP contribution in [0.5, 0.6) is 5.75 Å². The molecule has 134 valence electrons. The number of nitrogens with zero attached hydrogens (tertiary/aromatic N) is 2. The van der Waals surface area contributed by atoms with E-state index >= 15 is 0 Å². The summed E-state index contributed by atoms with van der Waals surface area (Å²) in [4.78, 5) is 22.1. The Hall–Kier alpha value is -2.34. The lowest BCUT2D eigenvalue weighted by atomic mass is 10.0. The second kappa shape index (κ2) is 7.27. The van der Waals surface area contributed by atoms with E-state index in [1.54, 1.807) is 12.0 Å². The Morgan fingerprint density at radius 2 is 2.08 bits per heavy atom. The number of ether oxygens (including phenoxy) is 1. The fraction of sp³-hybridized carbons (Fsp3) is 0.474. The van der Waals surface area contributed by atoms with Gasteiger partial charge in [0.15, 0.2) is 0 Å². The maximum atomic E-state index is 12.4. The molecule has 1 amide bonds. The van der Waals surface area contributed by atoms with Gasteiger partial charge in [-0.2, -0.15) is 0 Å². The Balaban J connectivity index is 1.73. The number of carbonyl (C=O) groups is 1. The zero-order chi connectivity index (χ0) is 18.0. The summed E-state index contributed by atoms with van der Waals surface area (Å²) >= 11 is 0. The number of hydrogen-bond acceptors (Lipinski definition) is 4. The largest absolute Gasteiger partial charge is 0.497 e. The molecule has 0 saturated heterocycles. The minimum absolute atomic E-state index is 0.194. The Bertz CT molecular complexity index is 737. The summed E-state index contributed by atoms with van der Waals surface area (Å²) < 4.78 is 5.18. The van der Waals surface area contributed by atoms with Crippen LogP contribution in [0.15, 0.2) is 24.3 Å². The summed E-state index contributed by atoms with van der Waals surface area (Å²) in [6.07, 6.45) is 0.259. The molecule has 2 N–H and O–H groups in total. The molecule has 3 rings (SSSR count). The number of methoxy groups -OCH3 is 1. The predicted molar refractivity (Wildman–Crippen MR) is 95.2 cm³/mol. The number of carbonyl (C=O) groups excluding carboxylic acids is 1. The van der Waals surface area contributed by atoms with Crippen LogP contribution in [0.4, 0.5) is 0 Å². The van der Waals surface area contributed by atoms with Crippen molar-refractivity contribution in [3.63, 3.8) is 0 Å². The third kappa shape index (κ3) is 3.85. The average molecular weight is 343 g/mol. The highest BCUT2D eigenvalue weighted by Gasteiger charge is 2.28. The van der Waals surface area contributed by atoms with Crippen molar-refractivity contribution in [3.8, 4) is 17.1 Å². The van der Waals surface area contributed by atoms with Crippen molar-refractivity contribution >= 4 is 5.91 Å². The van der Waals surface area contributed by atoms with Crippen LogP contribution in [-0.2, 0) is 17.8 Å². The number of benzene rings is 1. The molecule has 2 aromatic rings. The van der Waals surface area contributed by atoms with Gasteiger partial charge in [0.25, 0.3) is 5.91 Å². The third-order valence-electron chi connectivity index (χ3n) is 4.49. The number of H-pyrrole nitrogens is 1. The molecule has 0 unspecified atom stereocenters. The Morgan fingerprint density at radius 1 is 1.36 bits per heavy atom. The summed E-state index contributed by atoms with van der Waals surface area (Å²) in [6, 6.07) is 7.71. The average Bonchev–Trinajstić information content (AvgIpc) is 3.03. The van der Waals surface area contributed by atoms with Gasteiger partial charge in [-0.25, -0.2) is 4.98 Å². The SMILES string of the molecule is COc1ccc(-c2nc3c([nH]2)CN(C(=O)[C@H](O)CC(C)C)CC3)cc1. The molecular weight excluding hydrogens is 318 g/mol. The molecule has 1 atom stereocenters. The van der Waals surface area contributed by atoms with Crippen molar-refractivity contribution in [1.29, 1.82) is 0 Å². The molecule has 1 aromatic carbocycles. The molecule has 0 radical (unpaired) electrons. The van der Waals surface area contributed by atoms with Gasteiger partial charge in [-0.3, -0.25) is 4.79 Å². The maximum Gasteiger partial charge on any atom is 0.251 e. The van der Waals surface area contributed by atoms with Gasteiger partial charge in [-0.15, -0.1) is 0 Å². The van der Waals surface area contributed by atoms with Crippen molar-refractivity contribution < 1.29 is 14.6 Å². The molecule has 6 nitrogen and oxygen atoms in total. The summed E-state index contributed by atoms with van der Waals surface area (Å²) in [5.41, 5.74) is 2.92. The summed E-state index contributed by atoms with van der Waals surface area (Å²) in [6.45, 7) is 5.06. The molecule has 0 aliphatic carbocycles. The molecule has 1 aliphatic heterocycles. The lowest BCUT2D eigenvalue weighted by molar-refractivity contribution is -0.142. The highest BCUT2D eigenvalue weighted by molar-refractivity contribution is 5.80. The molecule has 1 aromatic heterocycles. The first-order valence-corrected chi connectivity index (χ1v) is 8.67. The maximum absolute atomic E-state index is 12.4. The first kappa shape index (κ1) is 17.5. The zero-order valence-corrected chi connectivity index (χ0v) is 15.0. The smallest absolute Gasteiger partial charge is 0.251 e. The van der Waals surface area contributed by atoms with Crippen molar-refractivity contribution in [2.24, 2.45) is 5.92 Å². The topological polar surface area (TPSA) is 78.5 Å². The number of aliphatic hydroxyl groups excluding tert-OH is 1.